The van der Waals surface area contributed by atoms with Crippen LogP contribution in [0.4, 0.5) is 69.1 Å². The molecule has 107 heavy (non-hydrogen) atoms. The summed E-state index contributed by atoms with van der Waals surface area (Å²) in [5.41, 5.74) is 14.5. The number of amides is 3. The number of alkyl halides is 2. The molecule has 26 nitrogen and oxygen atoms in total. The van der Waals surface area contributed by atoms with Crippen LogP contribution in [-0.2, 0) is 36.2 Å². The molecular weight excluding hydrogens is 1380 g/mol. The van der Waals surface area contributed by atoms with Gasteiger partial charge in [-0.15, -0.1) is 0 Å². The van der Waals surface area contributed by atoms with E-state index in [-0.39, 0.29) is 48.4 Å². The van der Waals surface area contributed by atoms with Crippen LogP contribution in [0.3, 0.4) is 0 Å². The van der Waals surface area contributed by atoms with Crippen molar-refractivity contribution in [2.45, 2.75) is 70.4 Å². The Morgan fingerprint density at radius 3 is 1.85 bits per heavy atom. The first-order valence-corrected chi connectivity index (χ1v) is 35.3. The van der Waals surface area contributed by atoms with Crippen molar-refractivity contribution in [1.29, 1.82) is 0 Å². The number of hydrogen-bond donors (Lipinski definition) is 7. The fourth-order valence-corrected chi connectivity index (χ4v) is 15.0. The minimum Gasteiger partial charge on any atom is -0.394 e. The van der Waals surface area contributed by atoms with E-state index in [2.05, 4.69) is 76.6 Å². The first-order chi connectivity index (χ1) is 52.1. The summed E-state index contributed by atoms with van der Waals surface area (Å²) in [5, 5.41) is 28.7. The second kappa shape index (κ2) is 29.1. The number of anilines is 9. The highest BCUT2D eigenvalue weighted by molar-refractivity contribution is 6.08. The van der Waals surface area contributed by atoms with Gasteiger partial charge in [-0.25, -0.2) is 47.5 Å². The number of piperidine rings is 2. The number of morpholine rings is 1. The third kappa shape index (κ3) is 13.5. The zero-order chi connectivity index (χ0) is 73.6. The summed E-state index contributed by atoms with van der Waals surface area (Å²) in [4.78, 5) is 80.2. The van der Waals surface area contributed by atoms with Gasteiger partial charge < -0.3 is 65.7 Å². The van der Waals surface area contributed by atoms with E-state index in [4.69, 9.17) is 14.5 Å². The molecule has 0 aliphatic carbocycles. The third-order valence-electron chi connectivity index (χ3n) is 20.6. The van der Waals surface area contributed by atoms with Gasteiger partial charge in [-0.05, 0) is 104 Å². The molecule has 3 amide bonds. The van der Waals surface area contributed by atoms with Crippen molar-refractivity contribution >= 4 is 91.6 Å². The molecule has 0 saturated carbocycles. The number of aliphatic hydroxyl groups is 1. The van der Waals surface area contributed by atoms with Crippen LogP contribution in [-0.4, -0.2) is 154 Å². The van der Waals surface area contributed by atoms with Gasteiger partial charge in [0.05, 0.1) is 149 Å². The van der Waals surface area contributed by atoms with Crippen molar-refractivity contribution in [2.75, 3.05) is 90.2 Å². The molecule has 18 rings (SSSR count). The lowest BCUT2D eigenvalue weighted by Gasteiger charge is -2.39. The van der Waals surface area contributed by atoms with E-state index >= 15 is 0 Å². The number of ether oxygens (including phenoxy) is 2. The van der Waals surface area contributed by atoms with Crippen LogP contribution in [0.15, 0.2) is 153 Å². The van der Waals surface area contributed by atoms with Crippen LogP contribution < -0.4 is 46.6 Å². The van der Waals surface area contributed by atoms with Crippen molar-refractivity contribution in [2.24, 2.45) is 13.0 Å². The van der Waals surface area contributed by atoms with Gasteiger partial charge in [0.1, 0.15) is 34.6 Å². The number of pyridine rings is 8. The molecule has 12 aromatic rings. The first kappa shape index (κ1) is 69.2. The molecule has 11 aromatic heterocycles. The lowest BCUT2D eigenvalue weighted by atomic mass is 9.90. The maximum absolute atomic E-state index is 14.5. The second-order valence-electron chi connectivity index (χ2n) is 26.9. The van der Waals surface area contributed by atoms with Crippen LogP contribution in [0.1, 0.15) is 80.4 Å². The average Bonchev–Trinajstić information content (AvgIpc) is 1.65. The van der Waals surface area contributed by atoms with E-state index in [9.17, 15) is 37.1 Å². The number of benzene rings is 1. The first-order valence-electron chi connectivity index (χ1n) is 35.3. The molecule has 0 bridgehead atoms. The van der Waals surface area contributed by atoms with Crippen LogP contribution in [0.25, 0.3) is 56.2 Å². The fraction of sp³-hybridized carbons (Fsp3) is 0.286. The summed E-state index contributed by atoms with van der Waals surface area (Å²) < 4.78 is 73.0. The predicted octanol–water partition coefficient (Wildman–Crippen LogP) is 11.1. The zero-order valence-electron chi connectivity index (χ0n) is 58.5. The predicted molar refractivity (Wildman–Crippen MR) is 396 cm³/mol. The van der Waals surface area contributed by atoms with E-state index in [0.29, 0.717) is 132 Å². The largest absolute Gasteiger partial charge is 0.394 e. The number of fused-ring (bicyclic) bond motifs is 6. The number of methoxy groups -OCH3 is 1. The SMILES string of the molecule is CCC1CCN(c2ccc(Nc3cnc(-c4ccnc5c4ccn5C)c4c3C(=O)NC4)nc2)CC1(F)F.COC1CCN(c2ccc(Nc3cnc(-c4cnc5c(F)cccn45)c4c3C(=O)NC4)nc2)CC1.O=C1NCc2c(-c3cnc4cc(F)ccn34)ccc(Nc3ccc(N4CCO[C@H](CO)C4)cn3)c21. The number of carbonyl (C=O) groups is 3. The van der Waals surface area contributed by atoms with Crippen molar-refractivity contribution in [3.05, 3.63) is 198 Å². The fourth-order valence-electron chi connectivity index (χ4n) is 15.0. The Kier molecular flexibility index (Phi) is 18.8. The van der Waals surface area contributed by atoms with E-state index < -0.39 is 17.7 Å². The van der Waals surface area contributed by atoms with Gasteiger partial charge in [0.25, 0.3) is 23.6 Å². The number of aliphatic hydroxyl groups excluding tert-OH is 1. The normalized spacial score (nSPS) is 17.4. The topological polar surface area (TPSA) is 289 Å². The Labute approximate surface area is 610 Å². The molecule has 6 aliphatic rings. The summed E-state index contributed by atoms with van der Waals surface area (Å²) >= 11 is 0. The summed E-state index contributed by atoms with van der Waals surface area (Å²) in [6.45, 7) is 6.92. The molecule has 7 N–H and O–H groups in total. The zero-order valence-corrected chi connectivity index (χ0v) is 58.5. The number of imidazole rings is 2. The second-order valence-corrected chi connectivity index (χ2v) is 26.9. The maximum atomic E-state index is 14.5. The standard InChI is InChI=1S/C27H27F2N7O.C25H24FN7O2.C25H23FN6O3/c1-3-16-7-11-36(15-27(16,28)29)17-4-5-22(31-12-17)34-21-14-32-24(20-13-33-26(37)23(20)21)18-6-9-30-25-19(18)8-10-35(25)2;1-35-16-6-9-32(10-7-16)15-4-5-21(27-11-15)31-19-13-28-23(17-12-30-25(34)22(17)19)20-14-29-24-18(26)3-2-8-33(20)24;26-15-5-6-32-21(12-28-23(32)9-15)18-2-3-20(24-19(18)11-29-25(24)34)30-22-4-1-16(10-27-22)31-7-8-35-17(13-31)14-33/h4-6,8-10,12,14,16H,3,7,11,13,15H2,1-2H3,(H,31,34)(H,33,37);2-5,8,11,13-14,16H,6-7,9-10,12H2,1H3,(H,27,31)(H,30,34);1-6,9-10,12,17,33H,7-8,11,13-14H2,(H,27,30)(H,29,34)/t;;17-/m..0/s1. The van der Waals surface area contributed by atoms with Crippen molar-refractivity contribution in [1.82, 2.24) is 69.2 Å². The Morgan fingerprint density at radius 2 is 1.21 bits per heavy atom. The van der Waals surface area contributed by atoms with Gasteiger partial charge in [0.2, 0.25) is 0 Å². The van der Waals surface area contributed by atoms with E-state index in [1.54, 1.807) is 90.4 Å². The molecule has 17 heterocycles. The van der Waals surface area contributed by atoms with E-state index in [1.807, 2.05) is 83.9 Å². The number of hydrogen-bond acceptors (Lipinski definition) is 20. The molecule has 3 fully saturated rings. The van der Waals surface area contributed by atoms with E-state index in [1.165, 1.54) is 18.2 Å². The summed E-state index contributed by atoms with van der Waals surface area (Å²) in [6.07, 6.45) is 21.8. The van der Waals surface area contributed by atoms with Gasteiger partial charge >= 0.3 is 0 Å². The van der Waals surface area contributed by atoms with Gasteiger partial charge in [-0.2, -0.15) is 0 Å². The average molecular weight is 1450 g/mol. The van der Waals surface area contributed by atoms with Crippen molar-refractivity contribution < 1.29 is 46.5 Å². The molecule has 6 aliphatic heterocycles. The molecule has 1 unspecified atom stereocenters. The van der Waals surface area contributed by atoms with Crippen LogP contribution in [0.5, 0.6) is 0 Å². The minimum absolute atomic E-state index is 0.0152. The highest BCUT2D eigenvalue weighted by Gasteiger charge is 2.44. The van der Waals surface area contributed by atoms with Crippen molar-refractivity contribution in [3.63, 3.8) is 0 Å². The Morgan fingerprint density at radius 1 is 0.589 bits per heavy atom. The van der Waals surface area contributed by atoms with Crippen LogP contribution in [0.2, 0.25) is 0 Å². The summed E-state index contributed by atoms with van der Waals surface area (Å²) in [5.74, 6) is -2.86. The number of rotatable bonds is 15. The number of carbonyl (C=O) groups excluding carboxylic acids is 3. The van der Waals surface area contributed by atoms with Crippen LogP contribution >= 0.6 is 0 Å². The van der Waals surface area contributed by atoms with Gasteiger partial charge in [0.15, 0.2) is 11.5 Å². The van der Waals surface area contributed by atoms with Crippen molar-refractivity contribution in [3.8, 4) is 33.9 Å². The molecule has 546 valence electrons. The van der Waals surface area contributed by atoms with Gasteiger partial charge in [-0.1, -0.05) is 13.0 Å². The molecule has 30 heteroatoms. The van der Waals surface area contributed by atoms with Gasteiger partial charge in [-0.3, -0.25) is 33.2 Å². The Balaban J connectivity index is 0.000000123. The molecule has 1 aromatic carbocycles. The third-order valence-corrected chi connectivity index (χ3v) is 20.6. The molecule has 3 saturated heterocycles. The smallest absolute Gasteiger partial charge is 0.268 e. The molecule has 0 spiro atoms. The van der Waals surface area contributed by atoms with Crippen LogP contribution in [0, 0.1) is 17.6 Å². The number of aromatic nitrogens is 11. The summed E-state index contributed by atoms with van der Waals surface area (Å²) in [6, 6.07) is 24.7. The Hall–Kier alpha value is -12.2. The minimum atomic E-state index is -2.72. The summed E-state index contributed by atoms with van der Waals surface area (Å²) in [7, 11) is 3.70. The van der Waals surface area contributed by atoms with E-state index in [0.717, 1.165) is 94.1 Å². The number of nitrogens with zero attached hydrogens (tertiary/aromatic N) is 14. The number of nitrogens with one attached hydrogen (secondary N) is 6. The highest BCUT2D eigenvalue weighted by Crippen LogP contribution is 2.41. The lowest BCUT2D eigenvalue weighted by Crippen LogP contribution is -2.48. The monoisotopic (exact) mass is 1450 g/mol. The molecular formula is C77H74F4N20O6. The Bertz CT molecular complexity index is 5380. The lowest BCUT2D eigenvalue weighted by molar-refractivity contribution is -0.0657. The maximum Gasteiger partial charge on any atom is 0.268 e. The highest BCUT2D eigenvalue weighted by atomic mass is 19.3. The molecule has 2 atom stereocenters. The quantitative estimate of drug-likeness (QED) is 0.0470. The number of halogens is 4. The van der Waals surface area contributed by atoms with Gasteiger partial charge in [0, 0.05) is 131 Å². The molecule has 0 radical (unpaired) electrons. The number of aryl methyl sites for hydroxylation is 1.